The lowest BCUT2D eigenvalue weighted by Gasteiger charge is -2.21. The SMILES string of the molecule is CC(NC(=O)C(N)Cc1cnc[nH]1)C(=O)NC(C)C(=O)NC(Cc1ccc(O)cc1)C(=O)O. The molecule has 0 aliphatic rings. The maximum absolute atomic E-state index is 12.4. The zero-order valence-electron chi connectivity index (χ0n) is 18.2. The first-order chi connectivity index (χ1) is 15.6. The molecule has 1 heterocycles. The normalized spacial score (nSPS) is 14.4. The Morgan fingerprint density at radius 1 is 0.970 bits per heavy atom. The Morgan fingerprint density at radius 2 is 1.55 bits per heavy atom. The molecular weight excluding hydrogens is 432 g/mol. The largest absolute Gasteiger partial charge is 0.508 e. The Kier molecular flexibility index (Phi) is 8.92. The zero-order valence-corrected chi connectivity index (χ0v) is 18.2. The fourth-order valence-electron chi connectivity index (χ4n) is 2.88. The molecule has 0 saturated carbocycles. The van der Waals surface area contributed by atoms with Crippen LogP contribution in [0.1, 0.15) is 25.1 Å². The Labute approximate surface area is 190 Å². The van der Waals surface area contributed by atoms with Crippen molar-refractivity contribution in [1.29, 1.82) is 0 Å². The number of H-pyrrole nitrogens is 1. The topological polar surface area (TPSA) is 200 Å². The molecule has 2 aromatic rings. The Morgan fingerprint density at radius 3 is 2.09 bits per heavy atom. The van der Waals surface area contributed by atoms with Gasteiger partial charge in [0.05, 0.1) is 12.4 Å². The van der Waals surface area contributed by atoms with Gasteiger partial charge in [0.2, 0.25) is 17.7 Å². The molecule has 0 bridgehead atoms. The highest BCUT2D eigenvalue weighted by molar-refractivity contribution is 5.93. The number of nitrogens with one attached hydrogen (secondary N) is 4. The minimum Gasteiger partial charge on any atom is -0.508 e. The van der Waals surface area contributed by atoms with Crippen LogP contribution in [0.25, 0.3) is 0 Å². The number of aromatic hydroxyl groups is 1. The molecule has 0 spiro atoms. The number of amides is 3. The van der Waals surface area contributed by atoms with E-state index in [4.69, 9.17) is 5.73 Å². The third-order valence-electron chi connectivity index (χ3n) is 4.83. The van der Waals surface area contributed by atoms with Crippen LogP contribution < -0.4 is 21.7 Å². The fourth-order valence-corrected chi connectivity index (χ4v) is 2.88. The molecule has 2 rings (SSSR count). The van der Waals surface area contributed by atoms with E-state index in [1.165, 1.54) is 38.5 Å². The molecule has 3 amide bonds. The number of aromatic amines is 1. The van der Waals surface area contributed by atoms with Crippen LogP contribution in [-0.4, -0.2) is 68.0 Å². The fraction of sp³-hybridized carbons (Fsp3) is 0.381. The number of benzene rings is 1. The maximum atomic E-state index is 12.4. The van der Waals surface area contributed by atoms with Gasteiger partial charge in [-0.3, -0.25) is 14.4 Å². The summed E-state index contributed by atoms with van der Waals surface area (Å²) in [6, 6.07) is 1.74. The summed E-state index contributed by atoms with van der Waals surface area (Å²) in [5, 5.41) is 26.0. The number of phenols is 1. The van der Waals surface area contributed by atoms with Gasteiger partial charge in [0.25, 0.3) is 0 Å². The van der Waals surface area contributed by atoms with Crippen molar-refractivity contribution in [3.8, 4) is 5.75 Å². The molecule has 4 unspecified atom stereocenters. The van der Waals surface area contributed by atoms with Crippen LogP contribution in [0.4, 0.5) is 0 Å². The van der Waals surface area contributed by atoms with Gasteiger partial charge in [0.1, 0.15) is 23.9 Å². The third-order valence-corrected chi connectivity index (χ3v) is 4.83. The molecule has 4 atom stereocenters. The van der Waals surface area contributed by atoms with Crippen molar-refractivity contribution in [2.45, 2.75) is 50.9 Å². The van der Waals surface area contributed by atoms with Crippen LogP contribution in [0.2, 0.25) is 0 Å². The highest BCUT2D eigenvalue weighted by atomic mass is 16.4. The third kappa shape index (κ3) is 7.92. The number of nitrogens with two attached hydrogens (primary N) is 1. The molecule has 12 nitrogen and oxygen atoms in total. The van der Waals surface area contributed by atoms with E-state index in [0.717, 1.165) is 0 Å². The highest BCUT2D eigenvalue weighted by Gasteiger charge is 2.26. The summed E-state index contributed by atoms with van der Waals surface area (Å²) in [5.41, 5.74) is 7.10. The number of nitrogens with zero attached hydrogens (tertiary/aromatic N) is 1. The molecule has 12 heteroatoms. The average molecular weight is 460 g/mol. The maximum Gasteiger partial charge on any atom is 0.326 e. The molecule has 0 fully saturated rings. The summed E-state index contributed by atoms with van der Waals surface area (Å²) in [5.74, 6) is -3.10. The van der Waals surface area contributed by atoms with Crippen molar-refractivity contribution < 1.29 is 29.4 Å². The molecule has 0 aliphatic carbocycles. The molecule has 1 aromatic carbocycles. The summed E-state index contributed by atoms with van der Waals surface area (Å²) < 4.78 is 0. The number of phenolic OH excluding ortho intramolecular Hbond substituents is 1. The Balaban J connectivity index is 1.85. The number of carbonyl (C=O) groups excluding carboxylic acids is 3. The number of imidazole rings is 1. The van der Waals surface area contributed by atoms with Gasteiger partial charge < -0.3 is 36.9 Å². The Hall–Kier alpha value is -3.93. The van der Waals surface area contributed by atoms with Crippen molar-refractivity contribution in [2.24, 2.45) is 5.73 Å². The summed E-state index contributed by atoms with van der Waals surface area (Å²) >= 11 is 0. The summed E-state index contributed by atoms with van der Waals surface area (Å²) in [4.78, 5) is 55.2. The van der Waals surface area contributed by atoms with Crippen molar-refractivity contribution in [3.63, 3.8) is 0 Å². The minimum absolute atomic E-state index is 0.0112. The summed E-state index contributed by atoms with van der Waals surface area (Å²) in [6.45, 7) is 2.83. The Bertz CT molecular complexity index is 962. The van der Waals surface area contributed by atoms with Gasteiger partial charge in [-0.1, -0.05) is 12.1 Å². The van der Waals surface area contributed by atoms with Crippen LogP contribution in [0.15, 0.2) is 36.8 Å². The number of carbonyl (C=O) groups is 4. The van der Waals surface area contributed by atoms with Gasteiger partial charge in [-0.05, 0) is 31.5 Å². The van der Waals surface area contributed by atoms with Crippen LogP contribution in [0.3, 0.4) is 0 Å². The van der Waals surface area contributed by atoms with Crippen LogP contribution in [0.5, 0.6) is 5.75 Å². The van der Waals surface area contributed by atoms with E-state index in [1.54, 1.807) is 12.1 Å². The summed E-state index contributed by atoms with van der Waals surface area (Å²) in [6.07, 6.45) is 3.19. The van der Waals surface area contributed by atoms with Crippen molar-refractivity contribution in [1.82, 2.24) is 25.9 Å². The number of carboxylic acids is 1. The first-order valence-electron chi connectivity index (χ1n) is 10.2. The van der Waals surface area contributed by atoms with Gasteiger partial charge in [-0.25, -0.2) is 9.78 Å². The number of rotatable bonds is 11. The average Bonchev–Trinajstić information content (AvgIpc) is 3.27. The van der Waals surface area contributed by atoms with E-state index in [-0.39, 0.29) is 18.6 Å². The molecule has 1 aromatic heterocycles. The lowest BCUT2D eigenvalue weighted by molar-refractivity contribution is -0.142. The first kappa shape index (κ1) is 25.3. The number of aromatic nitrogens is 2. The lowest BCUT2D eigenvalue weighted by Crippen LogP contribution is -2.55. The standard InChI is InChI=1S/C21H28N6O6/c1-11(26-20(31)16(22)8-14-9-23-10-24-14)18(29)25-12(2)19(30)27-17(21(32)33)7-13-3-5-15(28)6-4-13/h3-6,9-12,16-17,28H,7-8,22H2,1-2H3,(H,23,24)(H,25,29)(H,26,31)(H,27,30)(H,32,33). The van der Waals surface area contributed by atoms with Gasteiger partial charge in [0, 0.05) is 24.7 Å². The predicted molar refractivity (Wildman–Crippen MR) is 117 cm³/mol. The quantitative estimate of drug-likeness (QED) is 0.217. The predicted octanol–water partition coefficient (Wildman–Crippen LogP) is -1.19. The van der Waals surface area contributed by atoms with Gasteiger partial charge in [-0.15, -0.1) is 0 Å². The number of aliphatic carboxylic acids is 1. The second kappa shape index (κ2) is 11.6. The van der Waals surface area contributed by atoms with Crippen LogP contribution in [0, 0.1) is 0 Å². The molecule has 33 heavy (non-hydrogen) atoms. The number of carboxylic acid groups (broad SMARTS) is 1. The monoisotopic (exact) mass is 460 g/mol. The number of hydrogen-bond donors (Lipinski definition) is 7. The lowest BCUT2D eigenvalue weighted by atomic mass is 10.1. The van der Waals surface area contributed by atoms with E-state index >= 15 is 0 Å². The molecule has 8 N–H and O–H groups in total. The summed E-state index contributed by atoms with van der Waals surface area (Å²) in [7, 11) is 0. The van der Waals surface area contributed by atoms with Crippen molar-refractivity contribution >= 4 is 23.7 Å². The van der Waals surface area contributed by atoms with E-state index in [1.807, 2.05) is 0 Å². The van der Waals surface area contributed by atoms with Gasteiger partial charge in [-0.2, -0.15) is 0 Å². The zero-order chi connectivity index (χ0) is 24.5. The minimum atomic E-state index is -1.25. The second-order valence-electron chi connectivity index (χ2n) is 7.62. The van der Waals surface area contributed by atoms with E-state index in [2.05, 4.69) is 25.9 Å². The highest BCUT2D eigenvalue weighted by Crippen LogP contribution is 2.11. The second-order valence-corrected chi connectivity index (χ2v) is 7.62. The van der Waals surface area contributed by atoms with Gasteiger partial charge in [0.15, 0.2) is 0 Å². The van der Waals surface area contributed by atoms with Crippen LogP contribution >= 0.6 is 0 Å². The first-order valence-corrected chi connectivity index (χ1v) is 10.2. The van der Waals surface area contributed by atoms with Crippen molar-refractivity contribution in [3.05, 3.63) is 48.0 Å². The van der Waals surface area contributed by atoms with Crippen molar-refractivity contribution in [2.75, 3.05) is 0 Å². The van der Waals surface area contributed by atoms with E-state index in [0.29, 0.717) is 11.3 Å². The smallest absolute Gasteiger partial charge is 0.326 e. The molecule has 0 aliphatic heterocycles. The molecule has 0 saturated heterocycles. The molecule has 178 valence electrons. The number of hydrogen-bond acceptors (Lipinski definition) is 7. The van der Waals surface area contributed by atoms with E-state index in [9.17, 15) is 29.4 Å². The van der Waals surface area contributed by atoms with E-state index < -0.39 is 47.9 Å². The van der Waals surface area contributed by atoms with Gasteiger partial charge >= 0.3 is 5.97 Å². The molecule has 0 radical (unpaired) electrons. The molecular formula is C21H28N6O6. The van der Waals surface area contributed by atoms with Crippen LogP contribution in [-0.2, 0) is 32.0 Å².